The lowest BCUT2D eigenvalue weighted by Gasteiger charge is -2.69. The first-order valence-corrected chi connectivity index (χ1v) is 15.6. The van der Waals surface area contributed by atoms with Gasteiger partial charge in [0.15, 0.2) is 5.13 Å². The zero-order valence-electron chi connectivity index (χ0n) is 24.4. The number of anilines is 1. The molecule has 0 amide bonds. The van der Waals surface area contributed by atoms with Gasteiger partial charge in [-0.2, -0.15) is 0 Å². The minimum Gasteiger partial charge on any atom is -0.393 e. The maximum absolute atomic E-state index is 12.1. The summed E-state index contributed by atoms with van der Waals surface area (Å²) in [5.41, 5.74) is 6.73. The second-order valence-corrected chi connectivity index (χ2v) is 16.9. The number of nitrogen functional groups attached to an aromatic ring is 1. The third-order valence-corrected chi connectivity index (χ3v) is 14.2. The zero-order valence-corrected chi connectivity index (χ0v) is 25.2. The summed E-state index contributed by atoms with van der Waals surface area (Å²) in [4.78, 5) is 6.21. The fourth-order valence-electron chi connectivity index (χ4n) is 11.4. The smallest absolute Gasteiger partial charge is 0.180 e. The van der Waals surface area contributed by atoms with Crippen molar-refractivity contribution >= 4 is 16.5 Å². The van der Waals surface area contributed by atoms with E-state index in [1.807, 2.05) is 13.8 Å². The number of aliphatic hydroxyl groups excluding tert-OH is 1. The number of aliphatic hydroxyl groups is 2. The molecule has 4 fully saturated rings. The molecule has 3 saturated carbocycles. The molecule has 4 aliphatic carbocycles. The van der Waals surface area contributed by atoms with E-state index in [1.165, 1.54) is 23.4 Å². The monoisotopic (exact) mass is 530 g/mol. The molecule has 0 spiro atoms. The van der Waals surface area contributed by atoms with Crippen LogP contribution in [0.5, 0.6) is 0 Å². The second kappa shape index (κ2) is 7.73. The number of rotatable bonds is 2. The topological polar surface area (TPSA) is 88.6 Å². The van der Waals surface area contributed by atoms with E-state index >= 15 is 0 Å². The van der Waals surface area contributed by atoms with Gasteiger partial charge >= 0.3 is 0 Å². The van der Waals surface area contributed by atoms with Crippen LogP contribution in [0.1, 0.15) is 111 Å². The predicted octanol–water partition coefficient (Wildman–Crippen LogP) is 6.10. The van der Waals surface area contributed by atoms with Crippen LogP contribution in [0.25, 0.3) is 0 Å². The van der Waals surface area contributed by atoms with Crippen LogP contribution >= 0.6 is 11.3 Å². The number of ether oxygens (including phenoxy) is 1. The van der Waals surface area contributed by atoms with Crippen molar-refractivity contribution in [2.24, 2.45) is 39.9 Å². The predicted molar refractivity (Wildman–Crippen MR) is 149 cm³/mol. The van der Waals surface area contributed by atoms with E-state index in [0.717, 1.165) is 38.5 Å². The molecule has 0 aromatic carbocycles. The van der Waals surface area contributed by atoms with Crippen LogP contribution in [0.2, 0.25) is 0 Å². The first-order valence-electron chi connectivity index (χ1n) is 14.8. The lowest BCUT2D eigenvalue weighted by molar-refractivity contribution is -0.227. The van der Waals surface area contributed by atoms with Gasteiger partial charge in [0.2, 0.25) is 0 Å². The van der Waals surface area contributed by atoms with Gasteiger partial charge < -0.3 is 20.7 Å². The highest BCUT2D eigenvalue weighted by Crippen LogP contribution is 2.75. The molecule has 37 heavy (non-hydrogen) atoms. The van der Waals surface area contributed by atoms with E-state index in [9.17, 15) is 10.2 Å². The van der Waals surface area contributed by atoms with Crippen LogP contribution < -0.4 is 5.73 Å². The lowest BCUT2D eigenvalue weighted by Crippen LogP contribution is -2.66. The highest BCUT2D eigenvalue weighted by atomic mass is 32.1. The molecule has 1 aliphatic heterocycles. The Labute approximate surface area is 228 Å². The number of nitrogens with two attached hydrogens (primary N) is 1. The van der Waals surface area contributed by atoms with Crippen LogP contribution in [0.4, 0.5) is 5.13 Å². The van der Waals surface area contributed by atoms with Gasteiger partial charge in [-0.25, -0.2) is 4.98 Å². The molecule has 1 saturated heterocycles. The Hall–Kier alpha value is -0.690. The van der Waals surface area contributed by atoms with Crippen molar-refractivity contribution in [2.45, 2.75) is 136 Å². The lowest BCUT2D eigenvalue weighted by atomic mass is 9.35. The first kappa shape index (κ1) is 26.5. The number of hydrogen-bond donors (Lipinski definition) is 3. The highest BCUT2D eigenvalue weighted by molar-refractivity contribution is 7.15. The summed E-state index contributed by atoms with van der Waals surface area (Å²) in [6, 6.07) is 0. The second-order valence-electron chi connectivity index (χ2n) is 15.8. The van der Waals surface area contributed by atoms with E-state index in [4.69, 9.17) is 15.5 Å². The van der Waals surface area contributed by atoms with Gasteiger partial charge in [0.25, 0.3) is 0 Å². The Morgan fingerprint density at radius 3 is 2.30 bits per heavy atom. The van der Waals surface area contributed by atoms with Crippen molar-refractivity contribution in [2.75, 3.05) is 5.73 Å². The van der Waals surface area contributed by atoms with Crippen molar-refractivity contribution < 1.29 is 14.9 Å². The van der Waals surface area contributed by atoms with Gasteiger partial charge in [-0.15, -0.1) is 11.3 Å². The maximum Gasteiger partial charge on any atom is 0.180 e. The quantitative estimate of drug-likeness (QED) is 0.430. The van der Waals surface area contributed by atoms with Crippen LogP contribution in [0.15, 0.2) is 0 Å². The van der Waals surface area contributed by atoms with Crippen molar-refractivity contribution in [3.63, 3.8) is 0 Å². The summed E-state index contributed by atoms with van der Waals surface area (Å²) < 4.78 is 6.70. The molecule has 4 N–H and O–H groups in total. The van der Waals surface area contributed by atoms with Crippen molar-refractivity contribution in [3.8, 4) is 0 Å². The Balaban J connectivity index is 1.37. The largest absolute Gasteiger partial charge is 0.393 e. The molecule has 5 aliphatic rings. The van der Waals surface area contributed by atoms with Gasteiger partial charge in [0, 0.05) is 10.3 Å². The number of nitrogens with zero attached hydrogens (tertiary/aromatic N) is 1. The summed E-state index contributed by atoms with van der Waals surface area (Å²) in [5, 5.41) is 23.5. The summed E-state index contributed by atoms with van der Waals surface area (Å²) >= 11 is 1.69. The van der Waals surface area contributed by atoms with Gasteiger partial charge in [-0.1, -0.05) is 34.6 Å². The van der Waals surface area contributed by atoms with Crippen molar-refractivity contribution in [1.29, 1.82) is 0 Å². The minimum absolute atomic E-state index is 0.00399. The van der Waals surface area contributed by atoms with E-state index in [-0.39, 0.29) is 45.4 Å². The maximum atomic E-state index is 12.1. The summed E-state index contributed by atoms with van der Waals surface area (Å²) in [6.07, 6.45) is 8.02. The standard InChI is InChI=1S/C31H50N2O3S/c1-26(2)20-10-13-29(6)21(28(20,5)16-19-24(26)33-25(32)37-19)15-18(34)23-17(9-12-30(23,29)7)31(8)14-11-22(36-31)27(3,4)35/h17-18,20-23,34-35H,9-16H2,1-8H3,(H2,32,33)/t17?,18-,20+,21-,22+,23+,28+,29-,30-,31+/m1/s1. The van der Waals surface area contributed by atoms with Crippen molar-refractivity contribution in [1.82, 2.24) is 4.98 Å². The highest BCUT2D eigenvalue weighted by Gasteiger charge is 2.72. The fraction of sp³-hybridized carbons (Fsp3) is 0.903. The normalized spacial score (nSPS) is 50.8. The molecule has 6 rings (SSSR count). The molecule has 0 radical (unpaired) electrons. The van der Waals surface area contributed by atoms with E-state index in [1.54, 1.807) is 11.3 Å². The molecule has 5 nitrogen and oxygen atoms in total. The van der Waals surface area contributed by atoms with E-state index in [0.29, 0.717) is 22.9 Å². The third-order valence-electron chi connectivity index (χ3n) is 13.3. The molecule has 208 valence electrons. The van der Waals surface area contributed by atoms with Crippen LogP contribution in [-0.4, -0.2) is 38.6 Å². The number of thiazole rings is 1. The van der Waals surface area contributed by atoms with Crippen molar-refractivity contribution in [3.05, 3.63) is 10.6 Å². The molecule has 10 atom stereocenters. The average Bonchev–Trinajstić information content (AvgIpc) is 3.46. The Kier molecular flexibility index (Phi) is 5.55. The third kappa shape index (κ3) is 3.34. The van der Waals surface area contributed by atoms with Gasteiger partial charge in [0.05, 0.1) is 29.1 Å². The molecule has 1 unspecified atom stereocenters. The Bertz CT molecular complexity index is 1090. The van der Waals surface area contributed by atoms with Crippen LogP contribution in [0.3, 0.4) is 0 Å². The van der Waals surface area contributed by atoms with Gasteiger partial charge in [-0.3, -0.25) is 0 Å². The fourth-order valence-corrected chi connectivity index (χ4v) is 12.6. The van der Waals surface area contributed by atoms with Gasteiger partial charge in [-0.05, 0) is 112 Å². The first-order chi connectivity index (χ1) is 17.0. The minimum atomic E-state index is -0.832. The molecule has 1 aromatic rings. The SMILES string of the molecule is CC(C)(O)[C@@H]1CC[C@@](C)(C2CC[C@]3(C)[C@@H]2[C@H](O)C[C@@H]2[C@@]4(C)Cc5sc(N)nc5C(C)(C)[C@@H]4CC[C@]23C)O1. The average molecular weight is 531 g/mol. The molecule has 2 heterocycles. The Morgan fingerprint density at radius 2 is 1.65 bits per heavy atom. The van der Waals surface area contributed by atoms with E-state index < -0.39 is 5.60 Å². The molecule has 6 heteroatoms. The number of hydrogen-bond acceptors (Lipinski definition) is 6. The molecule has 1 aromatic heterocycles. The van der Waals surface area contributed by atoms with Crippen LogP contribution in [-0.2, 0) is 16.6 Å². The number of aromatic nitrogens is 1. The molecular weight excluding hydrogens is 480 g/mol. The number of fused-ring (bicyclic) bond motifs is 6. The Morgan fingerprint density at radius 1 is 0.973 bits per heavy atom. The van der Waals surface area contributed by atoms with Crippen LogP contribution in [0, 0.1) is 39.9 Å². The van der Waals surface area contributed by atoms with Gasteiger partial charge in [0.1, 0.15) is 0 Å². The van der Waals surface area contributed by atoms with E-state index in [2.05, 4.69) is 41.5 Å². The zero-order chi connectivity index (χ0) is 27.0. The summed E-state index contributed by atoms with van der Waals surface area (Å²) in [5.74, 6) is 1.58. The summed E-state index contributed by atoms with van der Waals surface area (Å²) in [7, 11) is 0. The summed E-state index contributed by atoms with van der Waals surface area (Å²) in [6.45, 7) is 18.4. The molecular formula is C31H50N2O3S. The molecule has 0 bridgehead atoms.